The third-order valence-electron chi connectivity index (χ3n) is 2.40. The number of fused-ring (bicyclic) bond motifs is 1. The molecule has 15 heavy (non-hydrogen) atoms. The molecular formula is C13H15NO. The lowest BCUT2D eigenvalue weighted by Crippen LogP contribution is -1.96. The minimum Gasteiger partial charge on any atom is -0.493 e. The normalized spacial score (nSPS) is 10.5. The quantitative estimate of drug-likeness (QED) is 0.707. The van der Waals surface area contributed by atoms with Crippen molar-refractivity contribution >= 4 is 10.8 Å². The predicted molar refractivity (Wildman–Crippen MR) is 62.1 cm³/mol. The summed E-state index contributed by atoms with van der Waals surface area (Å²) < 4.78 is 5.73. The van der Waals surface area contributed by atoms with Crippen LogP contribution in [-0.4, -0.2) is 11.6 Å². The SMILES string of the molecule is CCCCOc1cccc2cnccc12. The first-order valence-electron chi connectivity index (χ1n) is 5.37. The van der Waals surface area contributed by atoms with E-state index in [0.717, 1.165) is 36.0 Å². The first-order valence-corrected chi connectivity index (χ1v) is 5.37. The standard InChI is InChI=1S/C13H15NO/c1-2-3-9-15-13-6-4-5-11-10-14-8-7-12(11)13/h4-8,10H,2-3,9H2,1H3. The van der Waals surface area contributed by atoms with Crippen molar-refractivity contribution in [1.82, 2.24) is 4.98 Å². The van der Waals surface area contributed by atoms with Gasteiger partial charge in [0, 0.05) is 23.2 Å². The number of unbranched alkanes of at least 4 members (excludes halogenated alkanes) is 1. The highest BCUT2D eigenvalue weighted by Gasteiger charge is 2.00. The molecule has 0 aliphatic heterocycles. The Morgan fingerprint density at radius 3 is 3.07 bits per heavy atom. The van der Waals surface area contributed by atoms with Gasteiger partial charge in [-0.3, -0.25) is 4.98 Å². The lowest BCUT2D eigenvalue weighted by atomic mass is 10.1. The van der Waals surface area contributed by atoms with Crippen molar-refractivity contribution < 1.29 is 4.74 Å². The fourth-order valence-electron chi connectivity index (χ4n) is 1.55. The molecule has 0 fully saturated rings. The smallest absolute Gasteiger partial charge is 0.127 e. The molecule has 0 amide bonds. The third kappa shape index (κ3) is 2.27. The molecule has 0 radical (unpaired) electrons. The summed E-state index contributed by atoms with van der Waals surface area (Å²) in [6.07, 6.45) is 5.92. The highest BCUT2D eigenvalue weighted by molar-refractivity contribution is 5.87. The van der Waals surface area contributed by atoms with Gasteiger partial charge in [0.2, 0.25) is 0 Å². The zero-order valence-electron chi connectivity index (χ0n) is 8.94. The predicted octanol–water partition coefficient (Wildman–Crippen LogP) is 3.41. The summed E-state index contributed by atoms with van der Waals surface area (Å²) >= 11 is 0. The fourth-order valence-corrected chi connectivity index (χ4v) is 1.55. The van der Waals surface area contributed by atoms with Crippen LogP contribution in [0.3, 0.4) is 0 Å². The second-order valence-electron chi connectivity index (χ2n) is 3.55. The number of ether oxygens (including phenoxy) is 1. The van der Waals surface area contributed by atoms with Gasteiger partial charge in [0.25, 0.3) is 0 Å². The molecule has 78 valence electrons. The molecule has 0 saturated carbocycles. The van der Waals surface area contributed by atoms with Gasteiger partial charge in [-0.15, -0.1) is 0 Å². The molecule has 0 unspecified atom stereocenters. The van der Waals surface area contributed by atoms with Crippen LogP contribution in [-0.2, 0) is 0 Å². The number of nitrogens with zero attached hydrogens (tertiary/aromatic N) is 1. The molecule has 1 aromatic carbocycles. The molecule has 0 saturated heterocycles. The van der Waals surface area contributed by atoms with Crippen LogP contribution in [0.25, 0.3) is 10.8 Å². The Balaban J connectivity index is 2.26. The van der Waals surface area contributed by atoms with E-state index in [1.807, 2.05) is 24.4 Å². The Kier molecular flexibility index (Phi) is 3.18. The monoisotopic (exact) mass is 201 g/mol. The number of hydrogen-bond donors (Lipinski definition) is 0. The van der Waals surface area contributed by atoms with E-state index >= 15 is 0 Å². The molecule has 1 aromatic heterocycles. The summed E-state index contributed by atoms with van der Waals surface area (Å²) in [7, 11) is 0. The number of pyridine rings is 1. The summed E-state index contributed by atoms with van der Waals surface area (Å²) in [6.45, 7) is 2.95. The van der Waals surface area contributed by atoms with Gasteiger partial charge in [-0.1, -0.05) is 25.5 Å². The Morgan fingerprint density at radius 2 is 2.20 bits per heavy atom. The molecule has 0 aliphatic carbocycles. The van der Waals surface area contributed by atoms with E-state index in [4.69, 9.17) is 4.74 Å². The van der Waals surface area contributed by atoms with E-state index in [2.05, 4.69) is 18.0 Å². The average Bonchev–Trinajstić information content (AvgIpc) is 2.30. The van der Waals surface area contributed by atoms with Crippen LogP contribution in [0.5, 0.6) is 5.75 Å². The lowest BCUT2D eigenvalue weighted by Gasteiger charge is -2.07. The molecule has 0 atom stereocenters. The van der Waals surface area contributed by atoms with Gasteiger partial charge >= 0.3 is 0 Å². The van der Waals surface area contributed by atoms with Crippen LogP contribution in [0.15, 0.2) is 36.7 Å². The molecule has 0 bridgehead atoms. The van der Waals surface area contributed by atoms with E-state index in [9.17, 15) is 0 Å². The van der Waals surface area contributed by atoms with Crippen molar-refractivity contribution in [2.75, 3.05) is 6.61 Å². The number of hydrogen-bond acceptors (Lipinski definition) is 2. The minimum atomic E-state index is 0.790. The minimum absolute atomic E-state index is 0.790. The average molecular weight is 201 g/mol. The maximum atomic E-state index is 5.73. The molecule has 1 heterocycles. The van der Waals surface area contributed by atoms with Crippen molar-refractivity contribution in [3.05, 3.63) is 36.7 Å². The molecule has 0 N–H and O–H groups in total. The maximum absolute atomic E-state index is 5.73. The summed E-state index contributed by atoms with van der Waals surface area (Å²) in [5.41, 5.74) is 0. The Bertz CT molecular complexity index is 434. The highest BCUT2D eigenvalue weighted by atomic mass is 16.5. The van der Waals surface area contributed by atoms with Crippen LogP contribution in [0.1, 0.15) is 19.8 Å². The summed E-state index contributed by atoms with van der Waals surface area (Å²) in [5.74, 6) is 0.961. The maximum Gasteiger partial charge on any atom is 0.127 e. The molecule has 2 aromatic rings. The molecule has 2 heteroatoms. The Hall–Kier alpha value is -1.57. The summed E-state index contributed by atoms with van der Waals surface area (Å²) in [6, 6.07) is 8.06. The summed E-state index contributed by atoms with van der Waals surface area (Å²) in [5, 5.41) is 2.27. The number of benzene rings is 1. The molecule has 2 nitrogen and oxygen atoms in total. The van der Waals surface area contributed by atoms with Gasteiger partial charge in [0.1, 0.15) is 5.75 Å². The molecular weight excluding hydrogens is 186 g/mol. The van der Waals surface area contributed by atoms with Crippen LogP contribution < -0.4 is 4.74 Å². The van der Waals surface area contributed by atoms with Crippen molar-refractivity contribution in [2.24, 2.45) is 0 Å². The number of rotatable bonds is 4. The first kappa shape index (κ1) is 9.97. The van der Waals surface area contributed by atoms with E-state index in [-0.39, 0.29) is 0 Å². The highest BCUT2D eigenvalue weighted by Crippen LogP contribution is 2.24. The van der Waals surface area contributed by atoms with E-state index < -0.39 is 0 Å². The van der Waals surface area contributed by atoms with Gasteiger partial charge in [0.15, 0.2) is 0 Å². The van der Waals surface area contributed by atoms with Gasteiger partial charge in [-0.25, -0.2) is 0 Å². The Labute approximate surface area is 89.9 Å². The van der Waals surface area contributed by atoms with Crippen LogP contribution in [0, 0.1) is 0 Å². The zero-order valence-corrected chi connectivity index (χ0v) is 8.94. The molecule has 0 spiro atoms. The van der Waals surface area contributed by atoms with Crippen LogP contribution in [0.2, 0.25) is 0 Å². The Morgan fingerprint density at radius 1 is 1.27 bits per heavy atom. The van der Waals surface area contributed by atoms with Crippen molar-refractivity contribution in [2.45, 2.75) is 19.8 Å². The topological polar surface area (TPSA) is 22.1 Å². The van der Waals surface area contributed by atoms with Crippen molar-refractivity contribution in [1.29, 1.82) is 0 Å². The third-order valence-corrected chi connectivity index (χ3v) is 2.40. The second-order valence-corrected chi connectivity index (χ2v) is 3.55. The van der Waals surface area contributed by atoms with Crippen LogP contribution >= 0.6 is 0 Å². The van der Waals surface area contributed by atoms with Gasteiger partial charge in [0.05, 0.1) is 6.61 Å². The second kappa shape index (κ2) is 4.78. The van der Waals surface area contributed by atoms with Crippen molar-refractivity contribution in [3.63, 3.8) is 0 Å². The van der Waals surface area contributed by atoms with Crippen molar-refractivity contribution in [3.8, 4) is 5.75 Å². The zero-order chi connectivity index (χ0) is 10.5. The van der Waals surface area contributed by atoms with E-state index in [1.165, 1.54) is 0 Å². The fraction of sp³-hybridized carbons (Fsp3) is 0.308. The van der Waals surface area contributed by atoms with Gasteiger partial charge < -0.3 is 4.74 Å². The first-order chi connectivity index (χ1) is 7.42. The molecule has 0 aliphatic rings. The largest absolute Gasteiger partial charge is 0.493 e. The van der Waals surface area contributed by atoms with E-state index in [1.54, 1.807) is 6.20 Å². The summed E-state index contributed by atoms with van der Waals surface area (Å²) in [4.78, 5) is 4.09. The van der Waals surface area contributed by atoms with Gasteiger partial charge in [-0.05, 0) is 18.6 Å². The van der Waals surface area contributed by atoms with Crippen LogP contribution in [0.4, 0.5) is 0 Å². The lowest BCUT2D eigenvalue weighted by molar-refractivity contribution is 0.313. The number of aromatic nitrogens is 1. The van der Waals surface area contributed by atoms with E-state index in [0.29, 0.717) is 0 Å². The molecule has 2 rings (SSSR count). The van der Waals surface area contributed by atoms with Gasteiger partial charge in [-0.2, -0.15) is 0 Å².